The second-order valence-electron chi connectivity index (χ2n) is 4.95. The molecule has 2 aromatic heterocycles. The van der Waals surface area contributed by atoms with Crippen LogP contribution in [0.5, 0.6) is 0 Å². The van der Waals surface area contributed by atoms with Gasteiger partial charge in [0.25, 0.3) is 0 Å². The highest BCUT2D eigenvalue weighted by molar-refractivity contribution is 5.20. The van der Waals surface area contributed by atoms with E-state index in [0.29, 0.717) is 6.04 Å². The van der Waals surface area contributed by atoms with Crippen molar-refractivity contribution in [2.24, 2.45) is 0 Å². The topological polar surface area (TPSA) is 44.8 Å². The number of aromatic amines is 1. The number of pyridine rings is 1. The molecule has 0 amide bonds. The Labute approximate surface area is 107 Å². The van der Waals surface area contributed by atoms with Gasteiger partial charge in [-0.15, -0.1) is 0 Å². The molecule has 4 nitrogen and oxygen atoms in total. The van der Waals surface area contributed by atoms with Gasteiger partial charge in [-0.2, -0.15) is 5.10 Å². The highest BCUT2D eigenvalue weighted by Gasteiger charge is 2.28. The molecule has 1 N–H and O–H groups in total. The summed E-state index contributed by atoms with van der Waals surface area (Å²) in [6.07, 6.45) is 8.12. The van der Waals surface area contributed by atoms with E-state index in [4.69, 9.17) is 0 Å². The third kappa shape index (κ3) is 2.16. The summed E-state index contributed by atoms with van der Waals surface area (Å²) in [5.41, 5.74) is 3.87. The van der Waals surface area contributed by atoms with Crippen molar-refractivity contribution >= 4 is 0 Å². The first-order chi connectivity index (χ1) is 8.84. The van der Waals surface area contributed by atoms with Gasteiger partial charge in [0.2, 0.25) is 0 Å². The third-order valence-corrected chi connectivity index (χ3v) is 3.70. The molecule has 0 spiro atoms. The minimum Gasteiger partial charge on any atom is -0.291 e. The quantitative estimate of drug-likeness (QED) is 0.899. The Balaban J connectivity index is 1.78. The number of likely N-dealkylation sites (tertiary alicyclic amines) is 1. The van der Waals surface area contributed by atoms with Gasteiger partial charge in [0.15, 0.2) is 0 Å². The summed E-state index contributed by atoms with van der Waals surface area (Å²) in [4.78, 5) is 6.59. The molecular formula is C14H18N4. The molecule has 1 unspecified atom stereocenters. The molecular weight excluding hydrogens is 224 g/mol. The third-order valence-electron chi connectivity index (χ3n) is 3.70. The zero-order chi connectivity index (χ0) is 12.4. The molecule has 1 saturated heterocycles. The normalized spacial score (nSPS) is 20.4. The molecule has 18 heavy (non-hydrogen) atoms. The summed E-state index contributed by atoms with van der Waals surface area (Å²) in [6.45, 7) is 4.28. The number of H-pyrrole nitrogens is 1. The number of aryl methyl sites for hydroxylation is 1. The van der Waals surface area contributed by atoms with E-state index < -0.39 is 0 Å². The van der Waals surface area contributed by atoms with Gasteiger partial charge in [0.05, 0.1) is 17.9 Å². The van der Waals surface area contributed by atoms with E-state index in [1.165, 1.54) is 29.7 Å². The van der Waals surface area contributed by atoms with Crippen LogP contribution in [0.4, 0.5) is 0 Å². The summed E-state index contributed by atoms with van der Waals surface area (Å²) in [5.74, 6) is 0. The standard InChI is InChI=1S/C14H18N4/c1-11-9-16-17-14(11)13-3-2-8-18(13)10-12-4-6-15-7-5-12/h4-7,9,13H,2-3,8,10H2,1H3,(H,16,17). The van der Waals surface area contributed by atoms with Crippen molar-refractivity contribution in [1.29, 1.82) is 0 Å². The fraction of sp³-hybridized carbons (Fsp3) is 0.429. The second kappa shape index (κ2) is 4.90. The van der Waals surface area contributed by atoms with Crippen LogP contribution in [0, 0.1) is 6.92 Å². The van der Waals surface area contributed by atoms with Crippen molar-refractivity contribution < 1.29 is 0 Å². The summed E-state index contributed by atoms with van der Waals surface area (Å²) in [6, 6.07) is 4.67. The van der Waals surface area contributed by atoms with Crippen molar-refractivity contribution in [2.75, 3.05) is 6.54 Å². The van der Waals surface area contributed by atoms with E-state index in [0.717, 1.165) is 13.1 Å². The van der Waals surface area contributed by atoms with Gasteiger partial charge in [-0.1, -0.05) is 0 Å². The van der Waals surface area contributed by atoms with E-state index in [9.17, 15) is 0 Å². The fourth-order valence-corrected chi connectivity index (χ4v) is 2.76. The SMILES string of the molecule is Cc1cn[nH]c1C1CCCN1Cc1ccncc1. The van der Waals surface area contributed by atoms with E-state index in [2.05, 4.69) is 39.1 Å². The molecule has 0 aliphatic carbocycles. The van der Waals surface area contributed by atoms with Crippen LogP contribution in [0.1, 0.15) is 35.7 Å². The van der Waals surface area contributed by atoms with E-state index in [1.54, 1.807) is 0 Å². The lowest BCUT2D eigenvalue weighted by molar-refractivity contribution is 0.243. The monoisotopic (exact) mass is 242 g/mol. The maximum absolute atomic E-state index is 4.15. The first-order valence-electron chi connectivity index (χ1n) is 6.47. The van der Waals surface area contributed by atoms with Crippen molar-refractivity contribution in [3.8, 4) is 0 Å². The summed E-state index contributed by atoms with van der Waals surface area (Å²) >= 11 is 0. The lowest BCUT2D eigenvalue weighted by Crippen LogP contribution is -2.23. The Morgan fingerprint density at radius 2 is 2.22 bits per heavy atom. The fourth-order valence-electron chi connectivity index (χ4n) is 2.76. The molecule has 1 atom stereocenters. The molecule has 4 heteroatoms. The molecule has 0 bridgehead atoms. The van der Waals surface area contributed by atoms with Gasteiger partial charge in [-0.05, 0) is 49.6 Å². The van der Waals surface area contributed by atoms with Crippen LogP contribution in [-0.2, 0) is 6.54 Å². The summed E-state index contributed by atoms with van der Waals surface area (Å²) in [5, 5.41) is 7.31. The number of rotatable bonds is 3. The van der Waals surface area contributed by atoms with E-state index in [-0.39, 0.29) is 0 Å². The lowest BCUT2D eigenvalue weighted by atomic mass is 10.1. The first-order valence-corrected chi connectivity index (χ1v) is 6.47. The van der Waals surface area contributed by atoms with Crippen molar-refractivity contribution in [1.82, 2.24) is 20.1 Å². The lowest BCUT2D eigenvalue weighted by Gasteiger charge is -2.24. The van der Waals surface area contributed by atoms with Gasteiger partial charge in [0, 0.05) is 18.9 Å². The van der Waals surface area contributed by atoms with Gasteiger partial charge >= 0.3 is 0 Å². The minimum absolute atomic E-state index is 0.487. The molecule has 1 aliphatic heterocycles. The van der Waals surface area contributed by atoms with Crippen LogP contribution in [0.2, 0.25) is 0 Å². The van der Waals surface area contributed by atoms with Crippen LogP contribution in [0.25, 0.3) is 0 Å². The minimum atomic E-state index is 0.487. The smallest absolute Gasteiger partial charge is 0.0553 e. The summed E-state index contributed by atoms with van der Waals surface area (Å²) < 4.78 is 0. The van der Waals surface area contributed by atoms with Gasteiger partial charge < -0.3 is 0 Å². The molecule has 2 aromatic rings. The van der Waals surface area contributed by atoms with Crippen molar-refractivity contribution in [3.63, 3.8) is 0 Å². The average molecular weight is 242 g/mol. The first kappa shape index (κ1) is 11.4. The number of nitrogens with zero attached hydrogens (tertiary/aromatic N) is 3. The molecule has 3 rings (SSSR count). The zero-order valence-corrected chi connectivity index (χ0v) is 10.6. The Morgan fingerprint density at radius 1 is 1.39 bits per heavy atom. The molecule has 0 radical (unpaired) electrons. The van der Waals surface area contributed by atoms with Crippen LogP contribution >= 0.6 is 0 Å². The molecule has 1 fully saturated rings. The van der Waals surface area contributed by atoms with Crippen LogP contribution in [-0.4, -0.2) is 26.6 Å². The van der Waals surface area contributed by atoms with Crippen LogP contribution < -0.4 is 0 Å². The highest BCUT2D eigenvalue weighted by Crippen LogP contribution is 2.33. The zero-order valence-electron chi connectivity index (χ0n) is 10.6. The Morgan fingerprint density at radius 3 is 2.94 bits per heavy atom. The van der Waals surface area contributed by atoms with Gasteiger partial charge in [-0.3, -0.25) is 15.0 Å². The predicted octanol–water partition coefficient (Wildman–Crippen LogP) is 2.45. The Kier molecular flexibility index (Phi) is 3.11. The number of nitrogens with one attached hydrogen (secondary N) is 1. The second-order valence-corrected chi connectivity index (χ2v) is 4.95. The maximum atomic E-state index is 4.15. The molecule has 3 heterocycles. The molecule has 94 valence electrons. The summed E-state index contributed by atoms with van der Waals surface area (Å²) in [7, 11) is 0. The number of hydrogen-bond acceptors (Lipinski definition) is 3. The van der Waals surface area contributed by atoms with Gasteiger partial charge in [0.1, 0.15) is 0 Å². The number of aromatic nitrogens is 3. The Hall–Kier alpha value is -1.68. The van der Waals surface area contributed by atoms with Crippen molar-refractivity contribution in [3.05, 3.63) is 47.5 Å². The van der Waals surface area contributed by atoms with Crippen LogP contribution in [0.15, 0.2) is 30.7 Å². The molecule has 0 saturated carbocycles. The average Bonchev–Trinajstić information content (AvgIpc) is 2.99. The molecule has 1 aliphatic rings. The largest absolute Gasteiger partial charge is 0.291 e. The molecule has 0 aromatic carbocycles. The Bertz CT molecular complexity index is 506. The maximum Gasteiger partial charge on any atom is 0.0553 e. The van der Waals surface area contributed by atoms with Crippen LogP contribution in [0.3, 0.4) is 0 Å². The predicted molar refractivity (Wildman–Crippen MR) is 69.9 cm³/mol. The van der Waals surface area contributed by atoms with Crippen molar-refractivity contribution in [2.45, 2.75) is 32.4 Å². The van der Waals surface area contributed by atoms with E-state index in [1.807, 2.05) is 18.6 Å². The van der Waals surface area contributed by atoms with E-state index >= 15 is 0 Å². The highest BCUT2D eigenvalue weighted by atomic mass is 15.2. The number of hydrogen-bond donors (Lipinski definition) is 1. The van der Waals surface area contributed by atoms with Gasteiger partial charge in [-0.25, -0.2) is 0 Å².